The number of aromatic nitrogens is 1. The van der Waals surface area contributed by atoms with Crippen molar-refractivity contribution in [1.29, 1.82) is 0 Å². The lowest BCUT2D eigenvalue weighted by Gasteiger charge is -2.30. The van der Waals surface area contributed by atoms with Gasteiger partial charge in [0.15, 0.2) is 0 Å². The highest BCUT2D eigenvalue weighted by atomic mass is 19.3. The molecule has 5 nitrogen and oxygen atoms in total. The van der Waals surface area contributed by atoms with E-state index in [2.05, 4.69) is 5.32 Å². The Morgan fingerprint density at radius 2 is 1.96 bits per heavy atom. The van der Waals surface area contributed by atoms with E-state index in [1.54, 1.807) is 22.8 Å². The van der Waals surface area contributed by atoms with Crippen LogP contribution in [0.1, 0.15) is 43.1 Å². The molecule has 0 amide bonds. The molecule has 0 aliphatic carbocycles. The molecule has 2 aromatic rings. The van der Waals surface area contributed by atoms with Crippen molar-refractivity contribution in [2.75, 3.05) is 18.8 Å². The Kier molecular flexibility index (Phi) is 6.03. The van der Waals surface area contributed by atoms with Gasteiger partial charge in [-0.15, -0.1) is 0 Å². The smallest absolute Gasteiger partial charge is 0.267 e. The van der Waals surface area contributed by atoms with Crippen molar-refractivity contribution in [3.63, 3.8) is 0 Å². The molecule has 136 valence electrons. The van der Waals surface area contributed by atoms with Crippen LogP contribution in [-0.2, 0) is 0 Å². The second-order valence-electron chi connectivity index (χ2n) is 5.52. The normalized spacial score (nSPS) is 14.8. The van der Waals surface area contributed by atoms with E-state index in [0.717, 1.165) is 0 Å². The number of para-hydroxylation sites is 1. The van der Waals surface area contributed by atoms with Crippen LogP contribution >= 0.6 is 0 Å². The summed E-state index contributed by atoms with van der Waals surface area (Å²) in [4.78, 5) is 0. The van der Waals surface area contributed by atoms with Gasteiger partial charge in [-0.2, -0.15) is 0 Å². The molecular formula is C18H24F2N4O. The van der Waals surface area contributed by atoms with Crippen molar-refractivity contribution in [2.24, 2.45) is 5.73 Å². The Bertz CT molecular complexity index is 752. The summed E-state index contributed by atoms with van der Waals surface area (Å²) < 4.78 is 28.0. The lowest BCUT2D eigenvalue weighted by atomic mass is 10.1. The molecule has 0 spiro atoms. The fourth-order valence-electron chi connectivity index (χ4n) is 2.62. The molecule has 0 saturated carbocycles. The van der Waals surface area contributed by atoms with Gasteiger partial charge < -0.3 is 26.5 Å². The van der Waals surface area contributed by atoms with Crippen LogP contribution in [0.15, 0.2) is 30.5 Å². The van der Waals surface area contributed by atoms with Crippen molar-refractivity contribution in [3.8, 4) is 5.75 Å². The Hall–Kier alpha value is -2.54. The average Bonchev–Trinajstić information content (AvgIpc) is 2.85. The minimum Gasteiger partial charge on any atom is -0.507 e. The van der Waals surface area contributed by atoms with Crippen LogP contribution in [0, 0.1) is 0 Å². The highest BCUT2D eigenvalue weighted by Gasteiger charge is 2.26. The van der Waals surface area contributed by atoms with Crippen LogP contribution in [-0.4, -0.2) is 22.8 Å². The quantitative estimate of drug-likeness (QED) is 0.681. The second-order valence-corrected chi connectivity index (χ2v) is 5.52. The third-order valence-corrected chi connectivity index (χ3v) is 4.04. The lowest BCUT2D eigenvalue weighted by molar-refractivity contribution is 0.152. The monoisotopic (exact) mass is 350 g/mol. The summed E-state index contributed by atoms with van der Waals surface area (Å²) >= 11 is 0. The number of benzene rings is 1. The van der Waals surface area contributed by atoms with Gasteiger partial charge in [0.05, 0.1) is 23.0 Å². The topological polar surface area (TPSA) is 89.2 Å². The largest absolute Gasteiger partial charge is 0.507 e. The molecule has 0 bridgehead atoms. The molecule has 1 saturated heterocycles. The van der Waals surface area contributed by atoms with E-state index in [0.29, 0.717) is 24.3 Å². The number of alkyl halides is 2. The molecule has 3 rings (SSSR count). The highest BCUT2D eigenvalue weighted by Crippen LogP contribution is 2.34. The molecule has 1 aliphatic heterocycles. The lowest BCUT2D eigenvalue weighted by Crippen LogP contribution is -2.43. The second kappa shape index (κ2) is 8.02. The first-order valence-electron chi connectivity index (χ1n) is 8.23. The van der Waals surface area contributed by atoms with Crippen molar-refractivity contribution in [2.45, 2.75) is 26.3 Å². The summed E-state index contributed by atoms with van der Waals surface area (Å²) in [7, 11) is 0. The number of aromatic hydroxyl groups is 1. The number of hydrogen-bond acceptors (Lipinski definition) is 4. The van der Waals surface area contributed by atoms with Gasteiger partial charge in [0.2, 0.25) is 0 Å². The van der Waals surface area contributed by atoms with Crippen LogP contribution in [0.4, 0.5) is 14.5 Å². The molecule has 1 aromatic carbocycles. The minimum atomic E-state index is -2.65. The molecule has 2 heterocycles. The van der Waals surface area contributed by atoms with Gasteiger partial charge in [-0.25, -0.2) is 8.78 Å². The number of phenolic OH excluding ortho intramolecular Hbond substituents is 1. The zero-order chi connectivity index (χ0) is 18.6. The number of anilines is 1. The maximum atomic E-state index is 13.1. The van der Waals surface area contributed by atoms with Gasteiger partial charge in [0.25, 0.3) is 6.43 Å². The standard InChI is InChI=1S/C16H18F2N4O.C2H6/c17-16(18)11-8-22(9-6-21-7-9)13(15(11)20)5-12(19)10-3-1-2-4-14(10)23;1-2/h1-5,8-9,16,21,23H,6-7,19-20H2;1-2H3/b12-5-;. The summed E-state index contributed by atoms with van der Waals surface area (Å²) in [5.41, 5.74) is 12.9. The first-order valence-corrected chi connectivity index (χ1v) is 8.23. The maximum Gasteiger partial charge on any atom is 0.267 e. The van der Waals surface area contributed by atoms with Gasteiger partial charge in [0.1, 0.15) is 5.75 Å². The molecule has 0 unspecified atom stereocenters. The van der Waals surface area contributed by atoms with Crippen molar-refractivity contribution < 1.29 is 13.9 Å². The van der Waals surface area contributed by atoms with Gasteiger partial charge in [0, 0.05) is 30.5 Å². The van der Waals surface area contributed by atoms with E-state index in [9.17, 15) is 13.9 Å². The Balaban J connectivity index is 0.00000109. The van der Waals surface area contributed by atoms with Gasteiger partial charge in [-0.1, -0.05) is 26.0 Å². The van der Waals surface area contributed by atoms with E-state index < -0.39 is 6.43 Å². The number of nitrogens with two attached hydrogens (primary N) is 2. The van der Waals surface area contributed by atoms with E-state index in [1.807, 2.05) is 13.8 Å². The molecule has 25 heavy (non-hydrogen) atoms. The first kappa shape index (κ1) is 18.8. The Morgan fingerprint density at radius 3 is 2.48 bits per heavy atom. The van der Waals surface area contributed by atoms with Crippen LogP contribution in [0.2, 0.25) is 0 Å². The summed E-state index contributed by atoms with van der Waals surface area (Å²) in [6.07, 6.45) is 0.270. The van der Waals surface area contributed by atoms with E-state index in [-0.39, 0.29) is 28.7 Å². The molecule has 0 radical (unpaired) electrons. The maximum absolute atomic E-state index is 13.1. The van der Waals surface area contributed by atoms with Gasteiger partial charge in [-0.3, -0.25) is 0 Å². The van der Waals surface area contributed by atoms with E-state index in [1.165, 1.54) is 18.3 Å². The minimum absolute atomic E-state index is 0.0188. The molecule has 1 aromatic heterocycles. The number of nitrogens with zero attached hydrogens (tertiary/aromatic N) is 1. The third-order valence-electron chi connectivity index (χ3n) is 4.04. The average molecular weight is 350 g/mol. The molecule has 6 N–H and O–H groups in total. The number of nitrogens with one attached hydrogen (secondary N) is 1. The molecular weight excluding hydrogens is 326 g/mol. The van der Waals surface area contributed by atoms with Crippen LogP contribution < -0.4 is 16.8 Å². The van der Waals surface area contributed by atoms with Gasteiger partial charge >= 0.3 is 0 Å². The number of phenols is 1. The van der Waals surface area contributed by atoms with Crippen molar-refractivity contribution in [1.82, 2.24) is 9.88 Å². The highest BCUT2D eigenvalue weighted by molar-refractivity contribution is 5.85. The van der Waals surface area contributed by atoms with Crippen LogP contribution in [0.25, 0.3) is 11.8 Å². The fraction of sp³-hybridized carbons (Fsp3) is 0.333. The number of halogens is 2. The van der Waals surface area contributed by atoms with Crippen molar-refractivity contribution >= 4 is 17.5 Å². The Labute approximate surface area is 145 Å². The zero-order valence-corrected chi connectivity index (χ0v) is 14.3. The van der Waals surface area contributed by atoms with Gasteiger partial charge in [-0.05, 0) is 18.2 Å². The molecule has 1 fully saturated rings. The fourth-order valence-corrected chi connectivity index (χ4v) is 2.62. The molecule has 1 aliphatic rings. The van der Waals surface area contributed by atoms with E-state index >= 15 is 0 Å². The zero-order valence-electron chi connectivity index (χ0n) is 14.3. The number of nitrogen functional groups attached to an aromatic ring is 1. The third kappa shape index (κ3) is 3.76. The first-order chi connectivity index (χ1) is 12.0. The van der Waals surface area contributed by atoms with Crippen LogP contribution in [0.5, 0.6) is 5.75 Å². The molecule has 7 heteroatoms. The van der Waals surface area contributed by atoms with Crippen LogP contribution in [0.3, 0.4) is 0 Å². The predicted molar refractivity (Wildman–Crippen MR) is 97.2 cm³/mol. The van der Waals surface area contributed by atoms with Crippen molar-refractivity contribution in [3.05, 3.63) is 47.3 Å². The number of hydrogen-bond donors (Lipinski definition) is 4. The Morgan fingerprint density at radius 1 is 1.32 bits per heavy atom. The SMILES string of the molecule is CC.N/C(=C\c1c(N)c(C(F)F)cn1C1CNC1)c1ccccc1O. The summed E-state index contributed by atoms with van der Waals surface area (Å²) in [6.45, 7) is 5.38. The molecule has 0 atom stereocenters. The van der Waals surface area contributed by atoms with E-state index in [4.69, 9.17) is 11.5 Å². The number of rotatable bonds is 4. The summed E-state index contributed by atoms with van der Waals surface area (Å²) in [5, 5.41) is 13.0. The predicted octanol–water partition coefficient (Wildman–Crippen LogP) is 3.34. The summed E-state index contributed by atoms with van der Waals surface area (Å²) in [5.74, 6) is 0.0253. The summed E-state index contributed by atoms with van der Waals surface area (Å²) in [6, 6.07) is 6.65.